The van der Waals surface area contributed by atoms with Crippen molar-refractivity contribution in [2.75, 3.05) is 17.2 Å². The van der Waals surface area contributed by atoms with Gasteiger partial charge in [-0.3, -0.25) is 0 Å². The molecule has 0 radical (unpaired) electrons. The average molecular weight is 375 g/mol. The van der Waals surface area contributed by atoms with Gasteiger partial charge >= 0.3 is 0 Å². The molecule has 0 spiro atoms. The molecule has 0 unspecified atom stereocenters. The van der Waals surface area contributed by atoms with E-state index < -0.39 is 0 Å². The van der Waals surface area contributed by atoms with Crippen LogP contribution in [0.4, 0.5) is 17.3 Å². The normalized spacial score (nSPS) is 10.5. The summed E-state index contributed by atoms with van der Waals surface area (Å²) in [6, 6.07) is 8.19. The molecule has 128 valence electrons. The molecule has 2 heterocycles. The van der Waals surface area contributed by atoms with Crippen LogP contribution >= 0.6 is 23.8 Å². The number of hydrogen-bond donors (Lipinski definition) is 4. The Balaban J connectivity index is 1.87. The van der Waals surface area contributed by atoms with Crippen LogP contribution in [0.1, 0.15) is 6.92 Å². The lowest BCUT2D eigenvalue weighted by Gasteiger charge is -2.10. The van der Waals surface area contributed by atoms with Crippen molar-refractivity contribution in [3.05, 3.63) is 41.6 Å². The molecule has 0 aliphatic heterocycles. The van der Waals surface area contributed by atoms with Gasteiger partial charge in [-0.15, -0.1) is 0 Å². The van der Waals surface area contributed by atoms with Crippen molar-refractivity contribution in [3.63, 3.8) is 0 Å². The lowest BCUT2D eigenvalue weighted by atomic mass is 10.3. The van der Waals surface area contributed by atoms with Crippen LogP contribution in [0.15, 0.2) is 36.5 Å². The average Bonchev–Trinajstić information content (AvgIpc) is 2.58. The summed E-state index contributed by atoms with van der Waals surface area (Å²) in [5.74, 6) is 1.13. The topological polar surface area (TPSA) is 95.0 Å². The SMILES string of the molecule is CCNC(=S)Nc1ccc2ncc(Nc3cc(O)ccc3Cl)nc2n1. The molecule has 0 aliphatic rings. The van der Waals surface area contributed by atoms with Crippen LogP contribution in [0.25, 0.3) is 11.2 Å². The van der Waals surface area contributed by atoms with E-state index in [1.807, 2.05) is 6.92 Å². The number of hydrogen-bond acceptors (Lipinski definition) is 6. The molecule has 3 rings (SSSR count). The van der Waals surface area contributed by atoms with Crippen molar-refractivity contribution in [3.8, 4) is 5.75 Å². The van der Waals surface area contributed by atoms with Gasteiger partial charge in [0, 0.05) is 12.6 Å². The monoisotopic (exact) mass is 374 g/mol. The summed E-state index contributed by atoms with van der Waals surface area (Å²) in [7, 11) is 0. The summed E-state index contributed by atoms with van der Waals surface area (Å²) >= 11 is 11.3. The number of thiocarbonyl (C=S) groups is 1. The Labute approximate surface area is 154 Å². The Morgan fingerprint density at radius 2 is 2.00 bits per heavy atom. The number of aromatic hydroxyl groups is 1. The second kappa shape index (κ2) is 7.45. The van der Waals surface area contributed by atoms with Crippen LogP contribution < -0.4 is 16.0 Å². The molecule has 3 aromatic rings. The molecule has 0 fully saturated rings. The number of phenolic OH excluding ortho intramolecular Hbond substituents is 1. The third-order valence-electron chi connectivity index (χ3n) is 3.20. The Bertz CT molecular complexity index is 936. The predicted octanol–water partition coefficient (Wildman–Crippen LogP) is 3.43. The molecule has 4 N–H and O–H groups in total. The Kier molecular flexibility index (Phi) is 5.11. The lowest BCUT2D eigenvalue weighted by Crippen LogP contribution is -2.28. The molecule has 9 heteroatoms. The van der Waals surface area contributed by atoms with Gasteiger partial charge in [0.25, 0.3) is 0 Å². The van der Waals surface area contributed by atoms with Gasteiger partial charge in [-0.05, 0) is 43.4 Å². The van der Waals surface area contributed by atoms with Crippen LogP contribution in [-0.2, 0) is 0 Å². The van der Waals surface area contributed by atoms with Crippen molar-refractivity contribution >= 4 is 57.4 Å². The largest absolute Gasteiger partial charge is 0.508 e. The van der Waals surface area contributed by atoms with Gasteiger partial charge in [0.15, 0.2) is 16.6 Å². The summed E-state index contributed by atoms with van der Waals surface area (Å²) in [6.45, 7) is 2.68. The van der Waals surface area contributed by atoms with Crippen LogP contribution in [0.5, 0.6) is 5.75 Å². The summed E-state index contributed by atoms with van der Waals surface area (Å²) in [6.07, 6.45) is 1.57. The Hall–Kier alpha value is -2.71. The van der Waals surface area contributed by atoms with Crippen LogP contribution in [0, 0.1) is 0 Å². The number of phenols is 1. The first kappa shape index (κ1) is 17.1. The van der Waals surface area contributed by atoms with E-state index in [0.717, 1.165) is 6.54 Å². The number of aromatic nitrogens is 3. The number of halogens is 1. The van der Waals surface area contributed by atoms with Crippen molar-refractivity contribution in [1.82, 2.24) is 20.3 Å². The summed E-state index contributed by atoms with van der Waals surface area (Å²) in [5, 5.41) is 19.5. The van der Waals surface area contributed by atoms with E-state index in [0.29, 0.717) is 38.6 Å². The first-order chi connectivity index (χ1) is 12.0. The van der Waals surface area contributed by atoms with E-state index in [1.54, 1.807) is 24.4 Å². The van der Waals surface area contributed by atoms with Gasteiger partial charge in [0.1, 0.15) is 17.1 Å². The molecule has 0 atom stereocenters. The first-order valence-corrected chi connectivity index (χ1v) is 8.28. The lowest BCUT2D eigenvalue weighted by molar-refractivity contribution is 0.475. The highest BCUT2D eigenvalue weighted by molar-refractivity contribution is 7.80. The highest BCUT2D eigenvalue weighted by Crippen LogP contribution is 2.28. The maximum atomic E-state index is 9.58. The minimum Gasteiger partial charge on any atom is -0.508 e. The number of pyridine rings is 1. The van der Waals surface area contributed by atoms with Crippen LogP contribution in [-0.4, -0.2) is 31.7 Å². The number of fused-ring (bicyclic) bond motifs is 1. The van der Waals surface area contributed by atoms with Gasteiger partial charge in [-0.25, -0.2) is 15.0 Å². The quantitative estimate of drug-likeness (QED) is 0.516. The van der Waals surface area contributed by atoms with E-state index in [-0.39, 0.29) is 5.75 Å². The molecule has 0 amide bonds. The fourth-order valence-electron chi connectivity index (χ4n) is 2.10. The molecule has 0 saturated carbocycles. The molecule has 1 aromatic carbocycles. The highest BCUT2D eigenvalue weighted by atomic mass is 35.5. The van der Waals surface area contributed by atoms with Crippen molar-refractivity contribution in [1.29, 1.82) is 0 Å². The summed E-state index contributed by atoms with van der Waals surface area (Å²) in [4.78, 5) is 13.1. The van der Waals surface area contributed by atoms with E-state index in [1.165, 1.54) is 12.1 Å². The first-order valence-electron chi connectivity index (χ1n) is 7.49. The standard InChI is InChI=1S/C16H15ClN6OS/c1-2-18-16(25)23-13-6-5-11-15(21-13)22-14(8-19-11)20-12-7-9(24)3-4-10(12)17/h3-8,24H,2H2,1H3,(H3,18,20,21,22,23,25). The van der Waals surface area contributed by atoms with Gasteiger partial charge in [0.2, 0.25) is 0 Å². The van der Waals surface area contributed by atoms with Crippen LogP contribution in [0.2, 0.25) is 5.02 Å². The van der Waals surface area contributed by atoms with E-state index >= 15 is 0 Å². The fourth-order valence-corrected chi connectivity index (χ4v) is 2.51. The zero-order valence-electron chi connectivity index (χ0n) is 13.2. The van der Waals surface area contributed by atoms with Gasteiger partial charge in [-0.1, -0.05) is 11.6 Å². The minimum absolute atomic E-state index is 0.0993. The van der Waals surface area contributed by atoms with Gasteiger partial charge in [0.05, 0.1) is 16.9 Å². The maximum Gasteiger partial charge on any atom is 0.182 e. The fraction of sp³-hybridized carbons (Fsp3) is 0.125. The minimum atomic E-state index is 0.0993. The summed E-state index contributed by atoms with van der Waals surface area (Å²) < 4.78 is 0. The molecule has 0 saturated heterocycles. The maximum absolute atomic E-state index is 9.58. The predicted molar refractivity (Wildman–Crippen MR) is 104 cm³/mol. The molecular weight excluding hydrogens is 360 g/mol. The third-order valence-corrected chi connectivity index (χ3v) is 3.77. The van der Waals surface area contributed by atoms with Gasteiger partial charge in [-0.2, -0.15) is 0 Å². The Morgan fingerprint density at radius 3 is 2.80 bits per heavy atom. The molecule has 2 aromatic heterocycles. The number of anilines is 3. The number of nitrogens with one attached hydrogen (secondary N) is 3. The number of benzene rings is 1. The highest BCUT2D eigenvalue weighted by Gasteiger charge is 2.07. The Morgan fingerprint density at radius 1 is 1.20 bits per heavy atom. The van der Waals surface area contributed by atoms with E-state index in [9.17, 15) is 5.11 Å². The number of nitrogens with zero attached hydrogens (tertiary/aromatic N) is 3. The second-order valence-corrected chi connectivity index (χ2v) is 5.88. The van der Waals surface area contributed by atoms with Crippen molar-refractivity contribution in [2.45, 2.75) is 6.92 Å². The third kappa shape index (κ3) is 4.23. The zero-order valence-corrected chi connectivity index (χ0v) is 14.8. The second-order valence-electron chi connectivity index (χ2n) is 5.07. The van der Waals surface area contributed by atoms with E-state index in [4.69, 9.17) is 23.8 Å². The molecule has 7 nitrogen and oxygen atoms in total. The molecule has 0 aliphatic carbocycles. The van der Waals surface area contributed by atoms with Gasteiger partial charge < -0.3 is 21.1 Å². The molecule has 0 bridgehead atoms. The van der Waals surface area contributed by atoms with Crippen LogP contribution in [0.3, 0.4) is 0 Å². The van der Waals surface area contributed by atoms with E-state index in [2.05, 4.69) is 30.9 Å². The molecule has 25 heavy (non-hydrogen) atoms. The van der Waals surface area contributed by atoms with Crippen molar-refractivity contribution < 1.29 is 5.11 Å². The van der Waals surface area contributed by atoms with Crippen molar-refractivity contribution in [2.24, 2.45) is 0 Å². The summed E-state index contributed by atoms with van der Waals surface area (Å²) in [5.41, 5.74) is 1.62. The number of rotatable bonds is 4. The zero-order chi connectivity index (χ0) is 17.8. The smallest absolute Gasteiger partial charge is 0.182 e. The molecular formula is C16H15ClN6OS.